The Morgan fingerprint density at radius 2 is 1.85 bits per heavy atom. The van der Waals surface area contributed by atoms with Crippen molar-refractivity contribution in [1.29, 1.82) is 0 Å². The number of rotatable bonds is 7. The minimum atomic E-state index is -1.17. The van der Waals surface area contributed by atoms with Crippen molar-refractivity contribution < 1.29 is 19.6 Å². The highest BCUT2D eigenvalue weighted by Crippen LogP contribution is 2.44. The number of non-ortho nitro benzene ring substituents is 1. The second-order valence-electron chi connectivity index (χ2n) is 8.76. The Balaban J connectivity index is 1.56. The average Bonchev–Trinajstić information content (AvgIpc) is 3.50. The van der Waals surface area contributed by atoms with Gasteiger partial charge in [-0.05, 0) is 30.2 Å². The molecule has 1 N–H and O–H groups in total. The number of nitrogens with zero attached hydrogens (tertiary/aromatic N) is 4. The van der Waals surface area contributed by atoms with Gasteiger partial charge >= 0.3 is 5.91 Å². The Morgan fingerprint density at radius 1 is 1.10 bits per heavy atom. The topological polar surface area (TPSA) is 127 Å². The minimum absolute atomic E-state index is 0.103. The maximum absolute atomic E-state index is 13.4. The molecule has 202 valence electrons. The monoisotopic (exact) mass is 612 g/mol. The van der Waals surface area contributed by atoms with Crippen molar-refractivity contribution >= 4 is 74.6 Å². The molecule has 2 heterocycles. The molecule has 1 aromatic heterocycles. The maximum atomic E-state index is 13.4. The highest BCUT2D eigenvalue weighted by molar-refractivity contribution is 8.00. The first-order chi connectivity index (χ1) is 19.1. The van der Waals surface area contributed by atoms with Crippen LogP contribution in [0.2, 0.25) is 10.0 Å². The molecule has 1 unspecified atom stereocenters. The molecule has 4 aromatic rings. The number of thioether (sulfide) groups is 1. The van der Waals surface area contributed by atoms with Gasteiger partial charge in [0.05, 0.1) is 16.5 Å². The van der Waals surface area contributed by atoms with Crippen LogP contribution in [0.25, 0.3) is 5.76 Å². The summed E-state index contributed by atoms with van der Waals surface area (Å²) in [4.78, 5) is 38.8. The van der Waals surface area contributed by atoms with Crippen LogP contribution >= 0.6 is 46.3 Å². The molecule has 9 nitrogen and oxygen atoms in total. The molecule has 5 rings (SSSR count). The van der Waals surface area contributed by atoms with Gasteiger partial charge in [-0.1, -0.05) is 94.3 Å². The molecule has 1 amide bonds. The number of amides is 1. The van der Waals surface area contributed by atoms with E-state index in [2.05, 4.69) is 10.2 Å². The van der Waals surface area contributed by atoms with Crippen LogP contribution in [-0.2, 0) is 15.3 Å². The molecule has 1 aliphatic heterocycles. The number of halogens is 2. The fourth-order valence-electron chi connectivity index (χ4n) is 4.16. The summed E-state index contributed by atoms with van der Waals surface area (Å²) in [5, 5.41) is 32.2. The first kappa shape index (κ1) is 27.8. The van der Waals surface area contributed by atoms with Crippen LogP contribution in [-0.4, -0.2) is 31.9 Å². The predicted molar refractivity (Wildman–Crippen MR) is 155 cm³/mol. The van der Waals surface area contributed by atoms with E-state index in [4.69, 9.17) is 23.2 Å². The fourth-order valence-corrected chi connectivity index (χ4v) is 6.58. The first-order valence-corrected chi connectivity index (χ1v) is 14.2. The molecule has 0 bridgehead atoms. The van der Waals surface area contributed by atoms with Gasteiger partial charge in [-0.25, -0.2) is 0 Å². The molecule has 0 saturated carbocycles. The van der Waals surface area contributed by atoms with Crippen molar-refractivity contribution in [3.63, 3.8) is 0 Å². The van der Waals surface area contributed by atoms with E-state index in [1.807, 2.05) is 6.92 Å². The summed E-state index contributed by atoms with van der Waals surface area (Å²) in [6.45, 7) is 1.87. The van der Waals surface area contributed by atoms with Crippen LogP contribution < -0.4 is 4.90 Å². The zero-order valence-electron chi connectivity index (χ0n) is 20.6. The number of carbonyl (C=O) groups excluding carboxylic acids is 2. The number of nitro benzene ring substituents is 1. The number of ketones is 1. The fraction of sp³-hybridized carbons (Fsp3) is 0.111. The van der Waals surface area contributed by atoms with Crippen LogP contribution in [0.1, 0.15) is 28.3 Å². The van der Waals surface area contributed by atoms with E-state index in [0.29, 0.717) is 25.7 Å². The van der Waals surface area contributed by atoms with Gasteiger partial charge in [0.25, 0.3) is 11.5 Å². The van der Waals surface area contributed by atoms with Gasteiger partial charge in [-0.3, -0.25) is 24.6 Å². The number of benzene rings is 3. The summed E-state index contributed by atoms with van der Waals surface area (Å²) in [7, 11) is 0. The molecule has 13 heteroatoms. The van der Waals surface area contributed by atoms with E-state index in [1.54, 1.807) is 48.5 Å². The van der Waals surface area contributed by atoms with Crippen LogP contribution in [0, 0.1) is 17.0 Å². The average molecular weight is 614 g/mol. The van der Waals surface area contributed by atoms with Gasteiger partial charge in [0, 0.05) is 33.5 Å². The summed E-state index contributed by atoms with van der Waals surface area (Å²) in [6, 6.07) is 16.3. The van der Waals surface area contributed by atoms with E-state index in [1.165, 1.54) is 30.0 Å². The zero-order valence-corrected chi connectivity index (χ0v) is 23.7. The number of hydrogen-bond donors (Lipinski definition) is 1. The number of nitro groups is 1. The summed E-state index contributed by atoms with van der Waals surface area (Å²) in [5.41, 5.74) is 1.92. The lowest BCUT2D eigenvalue weighted by atomic mass is 9.95. The molecule has 1 aliphatic rings. The number of aliphatic hydroxyl groups excluding tert-OH is 1. The summed E-state index contributed by atoms with van der Waals surface area (Å²) >= 11 is 14.6. The third kappa shape index (κ3) is 5.46. The summed E-state index contributed by atoms with van der Waals surface area (Å²) < 4.78 is 0.499. The van der Waals surface area contributed by atoms with Crippen LogP contribution in [0.5, 0.6) is 0 Å². The quantitative estimate of drug-likeness (QED) is 0.0450. The second kappa shape index (κ2) is 11.4. The molecule has 1 atom stereocenters. The van der Waals surface area contributed by atoms with Gasteiger partial charge in [0.15, 0.2) is 4.34 Å². The first-order valence-electron chi connectivity index (χ1n) is 11.7. The Bertz CT molecular complexity index is 1690. The minimum Gasteiger partial charge on any atom is -0.507 e. The molecule has 0 aliphatic carbocycles. The molecule has 3 aromatic carbocycles. The number of anilines is 1. The van der Waals surface area contributed by atoms with E-state index < -0.39 is 28.4 Å². The van der Waals surface area contributed by atoms with Crippen LogP contribution in [0.4, 0.5) is 10.8 Å². The third-order valence-corrected chi connectivity index (χ3v) is 8.83. The van der Waals surface area contributed by atoms with Gasteiger partial charge in [0.2, 0.25) is 5.13 Å². The standard InChI is InChI=1S/C27H18Cl2N4O5S2/c1-14-5-7-15(8-6-14)23(34)21-22(16-3-2-4-19(11-16)33(37)38)32(25(36)24(21)35)26-30-31-27(40-26)39-13-17-9-10-18(28)12-20(17)29/h2-12,22,34H,13H2,1H3/b23-21-. The van der Waals surface area contributed by atoms with Crippen molar-refractivity contribution in [3.8, 4) is 0 Å². The molecular weight excluding hydrogens is 595 g/mol. The molecule has 40 heavy (non-hydrogen) atoms. The lowest BCUT2D eigenvalue weighted by Crippen LogP contribution is -2.29. The second-order valence-corrected chi connectivity index (χ2v) is 11.8. The number of aryl methyl sites for hydroxylation is 1. The molecule has 0 spiro atoms. The lowest BCUT2D eigenvalue weighted by Gasteiger charge is -2.22. The van der Waals surface area contributed by atoms with Gasteiger partial charge in [0.1, 0.15) is 5.76 Å². The highest BCUT2D eigenvalue weighted by Gasteiger charge is 2.48. The summed E-state index contributed by atoms with van der Waals surface area (Å²) in [5.74, 6) is -1.81. The van der Waals surface area contributed by atoms with E-state index in [0.717, 1.165) is 27.4 Å². The Labute approximate surface area is 246 Å². The number of aliphatic hydroxyl groups is 1. The van der Waals surface area contributed by atoms with Gasteiger partial charge < -0.3 is 5.11 Å². The normalized spacial score (nSPS) is 16.5. The van der Waals surface area contributed by atoms with Crippen molar-refractivity contribution in [2.24, 2.45) is 0 Å². The van der Waals surface area contributed by atoms with Gasteiger partial charge in [-0.2, -0.15) is 0 Å². The number of hydrogen-bond acceptors (Lipinski definition) is 9. The van der Waals surface area contributed by atoms with E-state index in [9.17, 15) is 24.8 Å². The number of aromatic nitrogens is 2. The van der Waals surface area contributed by atoms with Crippen LogP contribution in [0.3, 0.4) is 0 Å². The molecule has 0 radical (unpaired) electrons. The lowest BCUT2D eigenvalue weighted by molar-refractivity contribution is -0.384. The van der Waals surface area contributed by atoms with Crippen molar-refractivity contribution in [2.75, 3.05) is 4.90 Å². The number of carbonyl (C=O) groups is 2. The SMILES string of the molecule is Cc1ccc(/C(O)=C2/C(=O)C(=O)N(c3nnc(SCc4ccc(Cl)cc4Cl)s3)C2c2cccc([N+](=O)[O-])c2)cc1. The molecular formula is C27H18Cl2N4O5S2. The Hall–Kier alpha value is -3.77. The summed E-state index contributed by atoms with van der Waals surface area (Å²) in [6.07, 6.45) is 0. The Morgan fingerprint density at radius 3 is 2.55 bits per heavy atom. The highest BCUT2D eigenvalue weighted by atomic mass is 35.5. The molecule has 1 fully saturated rings. The van der Waals surface area contributed by atoms with Crippen LogP contribution in [0.15, 0.2) is 76.6 Å². The van der Waals surface area contributed by atoms with E-state index >= 15 is 0 Å². The van der Waals surface area contributed by atoms with E-state index in [-0.39, 0.29) is 22.0 Å². The molecule has 1 saturated heterocycles. The smallest absolute Gasteiger partial charge is 0.301 e. The third-order valence-electron chi connectivity index (χ3n) is 6.13. The van der Waals surface area contributed by atoms with Crippen molar-refractivity contribution in [2.45, 2.75) is 23.1 Å². The number of Topliss-reactive ketones (excluding diaryl/α,β-unsaturated/α-hetero) is 1. The van der Waals surface area contributed by atoms with Crippen molar-refractivity contribution in [1.82, 2.24) is 10.2 Å². The Kier molecular flexibility index (Phi) is 7.90. The predicted octanol–water partition coefficient (Wildman–Crippen LogP) is 6.98. The largest absolute Gasteiger partial charge is 0.507 e. The van der Waals surface area contributed by atoms with Gasteiger partial charge in [-0.15, -0.1) is 10.2 Å². The maximum Gasteiger partial charge on any atom is 0.301 e. The van der Waals surface area contributed by atoms with Crippen molar-refractivity contribution in [3.05, 3.63) is 115 Å². The zero-order chi connectivity index (χ0) is 28.6.